The van der Waals surface area contributed by atoms with Gasteiger partial charge in [-0.1, -0.05) is 18.2 Å². The second-order valence-electron chi connectivity index (χ2n) is 8.22. The first-order valence-corrected chi connectivity index (χ1v) is 10.8. The maximum absolute atomic E-state index is 13.1. The van der Waals surface area contributed by atoms with E-state index < -0.39 is 0 Å². The summed E-state index contributed by atoms with van der Waals surface area (Å²) in [5, 5.41) is 0. The predicted octanol–water partition coefficient (Wildman–Crippen LogP) is 1.60. The molecule has 2 aromatic carbocycles. The number of ether oxygens (including phenoxy) is 2. The van der Waals surface area contributed by atoms with Gasteiger partial charge < -0.3 is 24.2 Å². The number of methoxy groups -OCH3 is 2. The van der Waals surface area contributed by atoms with Crippen molar-refractivity contribution in [3.63, 3.8) is 0 Å². The molecule has 0 atom stereocenters. The third-order valence-corrected chi connectivity index (χ3v) is 6.11. The molecule has 1 N–H and O–H groups in total. The Bertz CT molecular complexity index is 843. The molecule has 0 unspecified atom stereocenters. The second kappa shape index (κ2) is 9.39. The van der Waals surface area contributed by atoms with Gasteiger partial charge >= 0.3 is 0 Å². The highest BCUT2D eigenvalue weighted by Crippen LogP contribution is 2.28. The molecule has 0 radical (unpaired) electrons. The maximum atomic E-state index is 13.1. The quantitative estimate of drug-likeness (QED) is 0.718. The number of quaternary nitrogens is 1. The summed E-state index contributed by atoms with van der Waals surface area (Å²) in [5.74, 6) is 2.01. The first-order valence-electron chi connectivity index (χ1n) is 10.8. The summed E-state index contributed by atoms with van der Waals surface area (Å²) in [6.07, 6.45) is 2.25. The van der Waals surface area contributed by atoms with E-state index in [0.717, 1.165) is 56.1 Å². The van der Waals surface area contributed by atoms with Crippen LogP contribution in [0.15, 0.2) is 48.5 Å². The van der Waals surface area contributed by atoms with Crippen LogP contribution >= 0.6 is 0 Å². The van der Waals surface area contributed by atoms with E-state index in [4.69, 9.17) is 9.47 Å². The zero-order valence-corrected chi connectivity index (χ0v) is 18.0. The van der Waals surface area contributed by atoms with Crippen LogP contribution in [0.5, 0.6) is 11.5 Å². The molecule has 6 nitrogen and oxygen atoms in total. The number of hydrogen-bond donors (Lipinski definition) is 1. The summed E-state index contributed by atoms with van der Waals surface area (Å²) >= 11 is 0. The first-order chi connectivity index (χ1) is 14.7. The summed E-state index contributed by atoms with van der Waals surface area (Å²) in [6.45, 7) is 5.14. The van der Waals surface area contributed by atoms with Gasteiger partial charge in [0.15, 0.2) is 6.54 Å². The van der Waals surface area contributed by atoms with E-state index in [1.165, 1.54) is 10.6 Å². The summed E-state index contributed by atoms with van der Waals surface area (Å²) < 4.78 is 10.6. The van der Waals surface area contributed by atoms with Gasteiger partial charge in [0.25, 0.3) is 5.91 Å². The molecule has 1 heterocycles. The molecule has 1 aliphatic heterocycles. The van der Waals surface area contributed by atoms with E-state index >= 15 is 0 Å². The van der Waals surface area contributed by atoms with Crippen molar-refractivity contribution in [3.8, 4) is 11.5 Å². The van der Waals surface area contributed by atoms with Gasteiger partial charge in [0.05, 0.1) is 40.4 Å². The van der Waals surface area contributed by atoms with Crippen LogP contribution in [0.1, 0.15) is 18.4 Å². The van der Waals surface area contributed by atoms with Crippen molar-refractivity contribution in [2.24, 2.45) is 0 Å². The predicted molar refractivity (Wildman–Crippen MR) is 117 cm³/mol. The highest BCUT2D eigenvalue weighted by atomic mass is 16.5. The smallest absolute Gasteiger partial charge is 0.278 e. The minimum atomic E-state index is 0.276. The number of nitrogens with zero attached hydrogens (tertiary/aromatic N) is 2. The fourth-order valence-electron chi connectivity index (χ4n) is 4.12. The van der Waals surface area contributed by atoms with E-state index in [9.17, 15) is 4.79 Å². The topological polar surface area (TPSA) is 46.5 Å². The van der Waals surface area contributed by atoms with Crippen LogP contribution in [0.25, 0.3) is 0 Å². The molecule has 2 fully saturated rings. The lowest BCUT2D eigenvalue weighted by atomic mass is 10.2. The number of piperazine rings is 1. The zero-order chi connectivity index (χ0) is 20.9. The van der Waals surface area contributed by atoms with E-state index in [0.29, 0.717) is 19.1 Å². The van der Waals surface area contributed by atoms with Crippen LogP contribution in [0.4, 0.5) is 5.69 Å². The summed E-state index contributed by atoms with van der Waals surface area (Å²) in [5.41, 5.74) is 2.35. The number of hydrogen-bond acceptors (Lipinski definition) is 4. The molecule has 0 aromatic heterocycles. The molecule has 2 aromatic rings. The van der Waals surface area contributed by atoms with Gasteiger partial charge in [-0.2, -0.15) is 0 Å². The summed E-state index contributed by atoms with van der Waals surface area (Å²) in [4.78, 5) is 18.9. The Morgan fingerprint density at radius 1 is 1.03 bits per heavy atom. The minimum Gasteiger partial charge on any atom is -0.497 e. The molecule has 160 valence electrons. The molecule has 0 bridgehead atoms. The zero-order valence-electron chi connectivity index (χ0n) is 18.0. The van der Waals surface area contributed by atoms with Gasteiger partial charge in [-0.15, -0.1) is 0 Å². The third kappa shape index (κ3) is 5.05. The number of nitrogens with one attached hydrogen (secondary N) is 1. The van der Waals surface area contributed by atoms with Gasteiger partial charge in [0.2, 0.25) is 0 Å². The van der Waals surface area contributed by atoms with Crippen molar-refractivity contribution in [3.05, 3.63) is 54.1 Å². The lowest BCUT2D eigenvalue weighted by molar-refractivity contribution is -0.892. The lowest BCUT2D eigenvalue weighted by Gasteiger charge is -2.34. The number of amides is 1. The Balaban J connectivity index is 1.31. The fraction of sp³-hybridized carbons (Fsp3) is 0.458. The Hall–Kier alpha value is -2.73. The van der Waals surface area contributed by atoms with Gasteiger partial charge in [-0.05, 0) is 42.7 Å². The third-order valence-electron chi connectivity index (χ3n) is 6.11. The lowest BCUT2D eigenvalue weighted by Crippen LogP contribution is -3.15. The Morgan fingerprint density at radius 2 is 1.73 bits per heavy atom. The summed E-state index contributed by atoms with van der Waals surface area (Å²) in [6, 6.07) is 16.7. The molecule has 4 rings (SSSR count). The molecule has 6 heteroatoms. The second-order valence-corrected chi connectivity index (χ2v) is 8.22. The molecule has 1 aliphatic carbocycles. The summed E-state index contributed by atoms with van der Waals surface area (Å²) in [7, 11) is 3.37. The van der Waals surface area contributed by atoms with Crippen molar-refractivity contribution >= 4 is 11.6 Å². The number of anilines is 1. The molecule has 1 saturated heterocycles. The molecule has 2 aliphatic rings. The number of carbonyl (C=O) groups is 1. The first kappa shape index (κ1) is 20.5. The van der Waals surface area contributed by atoms with Crippen molar-refractivity contribution in [2.75, 3.05) is 51.8 Å². The van der Waals surface area contributed by atoms with Gasteiger partial charge in [0, 0.05) is 24.3 Å². The van der Waals surface area contributed by atoms with Gasteiger partial charge in [-0.25, -0.2) is 0 Å². The Kier molecular flexibility index (Phi) is 6.43. The van der Waals surface area contributed by atoms with Crippen molar-refractivity contribution in [1.82, 2.24) is 4.90 Å². The van der Waals surface area contributed by atoms with E-state index in [-0.39, 0.29) is 5.91 Å². The van der Waals surface area contributed by atoms with Crippen LogP contribution in [0.3, 0.4) is 0 Å². The standard InChI is InChI=1S/C24H31N3O3/c1-29-22-10-6-19(7-11-22)17-27(20-8-9-20)24(28)18-25-12-14-26(15-13-25)21-4-3-5-23(16-21)30-2/h3-7,10-11,16,20H,8-9,12-15,17-18H2,1-2H3/p+1. The monoisotopic (exact) mass is 410 g/mol. The Labute approximate surface area is 179 Å². The average Bonchev–Trinajstić information content (AvgIpc) is 3.63. The average molecular weight is 411 g/mol. The molecule has 0 spiro atoms. The van der Waals surface area contributed by atoms with Crippen molar-refractivity contribution in [1.29, 1.82) is 0 Å². The van der Waals surface area contributed by atoms with Crippen molar-refractivity contribution < 1.29 is 19.2 Å². The van der Waals surface area contributed by atoms with Crippen LogP contribution in [0.2, 0.25) is 0 Å². The minimum absolute atomic E-state index is 0.276. The van der Waals surface area contributed by atoms with Crippen LogP contribution in [0, 0.1) is 0 Å². The number of benzene rings is 2. The highest BCUT2D eigenvalue weighted by Gasteiger charge is 2.34. The number of carbonyl (C=O) groups excluding carboxylic acids is 1. The largest absolute Gasteiger partial charge is 0.497 e. The van der Waals surface area contributed by atoms with Crippen LogP contribution < -0.4 is 19.3 Å². The van der Waals surface area contributed by atoms with Gasteiger partial charge in [0.1, 0.15) is 11.5 Å². The van der Waals surface area contributed by atoms with Gasteiger partial charge in [-0.3, -0.25) is 4.79 Å². The van der Waals surface area contributed by atoms with E-state index in [1.54, 1.807) is 14.2 Å². The van der Waals surface area contributed by atoms with Crippen LogP contribution in [-0.4, -0.2) is 63.8 Å². The maximum Gasteiger partial charge on any atom is 0.278 e. The van der Waals surface area contributed by atoms with E-state index in [1.807, 2.05) is 24.3 Å². The Morgan fingerprint density at radius 3 is 2.37 bits per heavy atom. The van der Waals surface area contributed by atoms with Crippen molar-refractivity contribution in [2.45, 2.75) is 25.4 Å². The number of rotatable bonds is 8. The van der Waals surface area contributed by atoms with E-state index in [2.05, 4.69) is 34.1 Å². The SMILES string of the molecule is COc1ccc(CN(C(=O)C[NH+]2CCN(c3cccc(OC)c3)CC2)C2CC2)cc1. The van der Waals surface area contributed by atoms with Crippen LogP contribution in [-0.2, 0) is 11.3 Å². The molecular weight excluding hydrogens is 378 g/mol. The highest BCUT2D eigenvalue weighted by molar-refractivity contribution is 5.77. The molecule has 30 heavy (non-hydrogen) atoms. The molecule has 1 saturated carbocycles. The normalized spacial score (nSPS) is 16.9. The molecular formula is C24H32N3O3+. The molecule has 1 amide bonds. The fourth-order valence-corrected chi connectivity index (χ4v) is 4.12.